The summed E-state index contributed by atoms with van der Waals surface area (Å²) in [5, 5.41) is 0. The van der Waals surface area contributed by atoms with E-state index in [4.69, 9.17) is 9.47 Å². The van der Waals surface area contributed by atoms with Crippen molar-refractivity contribution >= 4 is 11.9 Å². The molecule has 0 bridgehead atoms. The largest absolute Gasteiger partial charge is 0.454 e. The van der Waals surface area contributed by atoms with Gasteiger partial charge in [0.15, 0.2) is 17.3 Å². The fourth-order valence-electron chi connectivity index (χ4n) is 2.02. The van der Waals surface area contributed by atoms with Crippen LogP contribution in [0.5, 0.6) is 11.5 Å². The van der Waals surface area contributed by atoms with Crippen LogP contribution in [0.15, 0.2) is 66.8 Å². The van der Waals surface area contributed by atoms with Crippen LogP contribution in [0.3, 0.4) is 0 Å². The van der Waals surface area contributed by atoms with Crippen molar-refractivity contribution in [2.75, 3.05) is 6.79 Å². The molecule has 3 heteroatoms. The van der Waals surface area contributed by atoms with Crippen molar-refractivity contribution in [2.45, 2.75) is 0 Å². The van der Waals surface area contributed by atoms with Crippen molar-refractivity contribution < 1.29 is 14.3 Å². The topological polar surface area (TPSA) is 35.5 Å². The number of benzene rings is 2. The lowest BCUT2D eigenvalue weighted by Crippen LogP contribution is -1.94. The Morgan fingerprint density at radius 3 is 2.62 bits per heavy atom. The van der Waals surface area contributed by atoms with Crippen LogP contribution in [0.4, 0.5) is 0 Å². The number of allylic oxidation sites excluding steroid dienone is 3. The maximum absolute atomic E-state index is 12.0. The molecule has 0 saturated carbocycles. The molecule has 2 aromatic rings. The number of fused-ring (bicyclic) bond motifs is 1. The van der Waals surface area contributed by atoms with Gasteiger partial charge in [0.25, 0.3) is 0 Å². The number of hydrogen-bond acceptors (Lipinski definition) is 3. The first-order valence-electron chi connectivity index (χ1n) is 6.67. The zero-order chi connectivity index (χ0) is 14.5. The van der Waals surface area contributed by atoms with Crippen molar-refractivity contribution in [1.29, 1.82) is 0 Å². The molecule has 21 heavy (non-hydrogen) atoms. The third-order valence-corrected chi connectivity index (χ3v) is 3.10. The Bertz CT molecular complexity index is 700. The average molecular weight is 278 g/mol. The third kappa shape index (κ3) is 3.20. The first-order chi connectivity index (χ1) is 10.3. The quantitative estimate of drug-likeness (QED) is 0.484. The molecule has 1 heterocycles. The van der Waals surface area contributed by atoms with Gasteiger partial charge in [0, 0.05) is 5.56 Å². The standard InChI is InChI=1S/C18H14O3/c19-16(9-5-4-8-14-6-2-1-3-7-14)15-10-11-17-18(12-15)21-13-20-17/h1-12H,13H2/b8-4+,9-5+. The molecule has 0 aromatic heterocycles. The van der Waals surface area contributed by atoms with Gasteiger partial charge in [-0.25, -0.2) is 0 Å². The van der Waals surface area contributed by atoms with E-state index in [1.165, 1.54) is 6.08 Å². The molecule has 0 radical (unpaired) electrons. The van der Waals surface area contributed by atoms with Crippen LogP contribution in [0.1, 0.15) is 15.9 Å². The SMILES string of the molecule is O=C(/C=C/C=C/c1ccccc1)c1ccc2c(c1)OCO2. The van der Waals surface area contributed by atoms with Gasteiger partial charge in [0.05, 0.1) is 0 Å². The highest BCUT2D eigenvalue weighted by molar-refractivity contribution is 6.05. The molecule has 0 aliphatic carbocycles. The molecule has 0 spiro atoms. The molecule has 0 fully saturated rings. The number of carbonyl (C=O) groups excluding carboxylic acids is 1. The van der Waals surface area contributed by atoms with E-state index in [0.29, 0.717) is 17.1 Å². The number of ether oxygens (including phenoxy) is 2. The summed E-state index contributed by atoms with van der Waals surface area (Å²) in [4.78, 5) is 12.0. The van der Waals surface area contributed by atoms with E-state index in [9.17, 15) is 4.79 Å². The maximum atomic E-state index is 12.0. The van der Waals surface area contributed by atoms with Crippen molar-refractivity contribution in [2.24, 2.45) is 0 Å². The molecule has 1 aliphatic rings. The van der Waals surface area contributed by atoms with Gasteiger partial charge >= 0.3 is 0 Å². The normalized spacial score (nSPS) is 13.1. The molecule has 0 N–H and O–H groups in total. The average Bonchev–Trinajstić information content (AvgIpc) is 3.00. The van der Waals surface area contributed by atoms with E-state index in [-0.39, 0.29) is 12.6 Å². The first-order valence-corrected chi connectivity index (χ1v) is 6.67. The molecule has 1 aliphatic heterocycles. The predicted octanol–water partition coefficient (Wildman–Crippen LogP) is 3.87. The van der Waals surface area contributed by atoms with Crippen molar-refractivity contribution in [3.63, 3.8) is 0 Å². The van der Waals surface area contributed by atoms with Gasteiger partial charge in [-0.2, -0.15) is 0 Å². The van der Waals surface area contributed by atoms with E-state index in [1.807, 2.05) is 42.5 Å². The number of hydrogen-bond donors (Lipinski definition) is 0. The van der Waals surface area contributed by atoms with Crippen LogP contribution in [0.25, 0.3) is 6.08 Å². The van der Waals surface area contributed by atoms with Gasteiger partial charge in [-0.1, -0.05) is 48.6 Å². The van der Waals surface area contributed by atoms with Crippen molar-refractivity contribution in [3.05, 3.63) is 77.9 Å². The second-order valence-corrected chi connectivity index (χ2v) is 4.56. The van der Waals surface area contributed by atoms with Crippen LogP contribution in [-0.2, 0) is 0 Å². The Kier molecular flexibility index (Phi) is 3.83. The summed E-state index contributed by atoms with van der Waals surface area (Å²) in [5.41, 5.74) is 1.68. The van der Waals surface area contributed by atoms with Crippen molar-refractivity contribution in [3.8, 4) is 11.5 Å². The van der Waals surface area contributed by atoms with Crippen LogP contribution in [0, 0.1) is 0 Å². The smallest absolute Gasteiger partial charge is 0.231 e. The molecule has 104 valence electrons. The second-order valence-electron chi connectivity index (χ2n) is 4.56. The maximum Gasteiger partial charge on any atom is 0.231 e. The monoisotopic (exact) mass is 278 g/mol. The van der Waals surface area contributed by atoms with Crippen LogP contribution in [0.2, 0.25) is 0 Å². The highest BCUT2D eigenvalue weighted by Crippen LogP contribution is 2.32. The van der Waals surface area contributed by atoms with Crippen LogP contribution in [-0.4, -0.2) is 12.6 Å². The molecule has 0 atom stereocenters. The summed E-state index contributed by atoms with van der Waals surface area (Å²) in [6, 6.07) is 15.1. The lowest BCUT2D eigenvalue weighted by molar-refractivity contribution is 0.104. The lowest BCUT2D eigenvalue weighted by Gasteiger charge is -1.98. The minimum absolute atomic E-state index is 0.0639. The van der Waals surface area contributed by atoms with Crippen molar-refractivity contribution in [1.82, 2.24) is 0 Å². The Balaban J connectivity index is 1.66. The zero-order valence-electron chi connectivity index (χ0n) is 11.4. The number of carbonyl (C=O) groups is 1. The summed E-state index contributed by atoms with van der Waals surface area (Å²) in [6.45, 7) is 0.211. The fraction of sp³-hybridized carbons (Fsp3) is 0.0556. The zero-order valence-corrected chi connectivity index (χ0v) is 11.4. The highest BCUT2D eigenvalue weighted by atomic mass is 16.7. The molecular formula is C18H14O3. The Morgan fingerprint density at radius 1 is 0.952 bits per heavy atom. The molecule has 0 saturated heterocycles. The summed E-state index contributed by atoms with van der Waals surface area (Å²) in [5.74, 6) is 1.24. The van der Waals surface area contributed by atoms with Crippen LogP contribution >= 0.6 is 0 Å². The van der Waals surface area contributed by atoms with Gasteiger partial charge < -0.3 is 9.47 Å². The summed E-state index contributed by atoms with van der Waals surface area (Å²) < 4.78 is 10.5. The second kappa shape index (κ2) is 6.09. The Labute approximate surface area is 123 Å². The van der Waals surface area contributed by atoms with Crippen LogP contribution < -0.4 is 9.47 Å². The molecule has 3 rings (SSSR count). The molecule has 3 nitrogen and oxygen atoms in total. The lowest BCUT2D eigenvalue weighted by atomic mass is 10.1. The van der Waals surface area contributed by atoms with Gasteiger partial charge in [-0.3, -0.25) is 4.79 Å². The molecular weight excluding hydrogens is 264 g/mol. The number of ketones is 1. The van der Waals surface area contributed by atoms with E-state index in [1.54, 1.807) is 24.3 Å². The Hall–Kier alpha value is -2.81. The predicted molar refractivity (Wildman–Crippen MR) is 81.5 cm³/mol. The molecule has 0 amide bonds. The molecule has 0 unspecified atom stereocenters. The summed E-state index contributed by atoms with van der Waals surface area (Å²) in [6.07, 6.45) is 7.07. The Morgan fingerprint density at radius 2 is 1.76 bits per heavy atom. The summed E-state index contributed by atoms with van der Waals surface area (Å²) in [7, 11) is 0. The van der Waals surface area contributed by atoms with E-state index >= 15 is 0 Å². The van der Waals surface area contributed by atoms with E-state index in [0.717, 1.165) is 5.56 Å². The highest BCUT2D eigenvalue weighted by Gasteiger charge is 2.14. The minimum Gasteiger partial charge on any atom is -0.454 e. The minimum atomic E-state index is -0.0639. The molecule has 2 aromatic carbocycles. The van der Waals surface area contributed by atoms with E-state index in [2.05, 4.69) is 0 Å². The first kappa shape index (κ1) is 13.2. The van der Waals surface area contributed by atoms with Gasteiger partial charge in [-0.15, -0.1) is 0 Å². The van der Waals surface area contributed by atoms with Gasteiger partial charge in [-0.05, 0) is 29.8 Å². The van der Waals surface area contributed by atoms with Gasteiger partial charge in [0.2, 0.25) is 6.79 Å². The fourth-order valence-corrected chi connectivity index (χ4v) is 2.02. The van der Waals surface area contributed by atoms with E-state index < -0.39 is 0 Å². The summed E-state index contributed by atoms with van der Waals surface area (Å²) >= 11 is 0. The third-order valence-electron chi connectivity index (χ3n) is 3.10. The van der Waals surface area contributed by atoms with Gasteiger partial charge in [0.1, 0.15) is 0 Å². The number of rotatable bonds is 4.